The Kier molecular flexibility index (Phi) is 4.61. The van der Waals surface area contributed by atoms with Gasteiger partial charge in [0.25, 0.3) is 6.47 Å². The summed E-state index contributed by atoms with van der Waals surface area (Å²) in [4.78, 5) is 32.0. The molecule has 1 fully saturated rings. The molecule has 8 nitrogen and oxygen atoms in total. The molecule has 24 heavy (non-hydrogen) atoms. The Labute approximate surface area is 145 Å². The third kappa shape index (κ3) is 2.90. The predicted molar refractivity (Wildman–Crippen MR) is 92.4 cm³/mol. The van der Waals surface area contributed by atoms with E-state index in [1.165, 1.54) is 6.33 Å². The number of hydrazine groups is 1. The van der Waals surface area contributed by atoms with E-state index in [2.05, 4.69) is 36.3 Å². The molecule has 0 bridgehead atoms. The Morgan fingerprint density at radius 3 is 2.88 bits per heavy atom. The third-order valence-corrected chi connectivity index (χ3v) is 4.35. The van der Waals surface area contributed by atoms with Crippen LogP contribution in [0, 0.1) is 0 Å². The predicted octanol–water partition coefficient (Wildman–Crippen LogP) is 2.52. The molecule has 1 aliphatic rings. The highest BCUT2D eigenvalue weighted by Gasteiger charge is 2.22. The van der Waals surface area contributed by atoms with E-state index in [-0.39, 0.29) is 12.4 Å². The molecule has 124 valence electrons. The van der Waals surface area contributed by atoms with Crippen LogP contribution in [0.15, 0.2) is 29.0 Å². The highest BCUT2D eigenvalue weighted by atomic mass is 79.9. The van der Waals surface area contributed by atoms with Crippen molar-refractivity contribution in [2.75, 3.05) is 12.0 Å². The number of carboxylic acid groups (broad SMARTS) is 1. The minimum Gasteiger partial charge on any atom is -0.483 e. The van der Waals surface area contributed by atoms with Gasteiger partial charge in [-0.3, -0.25) is 20.0 Å². The topological polar surface area (TPSA) is 111 Å². The lowest BCUT2D eigenvalue weighted by atomic mass is 10.2. The van der Waals surface area contributed by atoms with E-state index in [1.54, 1.807) is 5.01 Å². The normalized spacial score (nSPS) is 13.9. The molecule has 3 N–H and O–H groups in total. The van der Waals surface area contributed by atoms with Gasteiger partial charge in [0, 0.05) is 22.8 Å². The standard InChI is InChI=1S/C14H12BrN5O.CH2O2/c15-9-4-1-3-8-11-13(18-12(8)9)16-7-17-14(11)19-20-6-2-5-10(20)21;2-1-3/h1,3-4,7H,2,5-6H2,(H2,16,17,18,19);1H,(H,2,3). The Morgan fingerprint density at radius 1 is 1.38 bits per heavy atom. The zero-order chi connectivity index (χ0) is 17.1. The van der Waals surface area contributed by atoms with E-state index >= 15 is 0 Å². The lowest BCUT2D eigenvalue weighted by Crippen LogP contribution is -2.31. The van der Waals surface area contributed by atoms with Gasteiger partial charge in [0.2, 0.25) is 5.91 Å². The average Bonchev–Trinajstić information content (AvgIpc) is 3.14. The van der Waals surface area contributed by atoms with Gasteiger partial charge < -0.3 is 10.1 Å². The number of nitrogens with zero attached hydrogens (tertiary/aromatic N) is 3. The van der Waals surface area contributed by atoms with Crippen LogP contribution in [0.1, 0.15) is 12.8 Å². The number of carbonyl (C=O) groups excluding carboxylic acids is 1. The molecule has 3 aromatic rings. The van der Waals surface area contributed by atoms with Crippen molar-refractivity contribution in [1.82, 2.24) is 20.0 Å². The largest absolute Gasteiger partial charge is 0.483 e. The van der Waals surface area contributed by atoms with Crippen molar-refractivity contribution < 1.29 is 14.7 Å². The summed E-state index contributed by atoms with van der Waals surface area (Å²) in [5.74, 6) is 0.752. The van der Waals surface area contributed by atoms with Crippen LogP contribution in [0.25, 0.3) is 21.9 Å². The Bertz CT molecular complexity index is 911. The molecule has 2 aromatic heterocycles. The van der Waals surface area contributed by atoms with Gasteiger partial charge in [-0.05, 0) is 28.4 Å². The molecule has 1 aromatic carbocycles. The fourth-order valence-corrected chi connectivity index (χ4v) is 3.16. The van der Waals surface area contributed by atoms with E-state index < -0.39 is 0 Å². The third-order valence-electron chi connectivity index (χ3n) is 3.69. The monoisotopic (exact) mass is 391 g/mol. The van der Waals surface area contributed by atoms with Crippen LogP contribution >= 0.6 is 15.9 Å². The van der Waals surface area contributed by atoms with Gasteiger partial charge >= 0.3 is 0 Å². The number of aromatic nitrogens is 3. The first-order chi connectivity index (χ1) is 11.7. The summed E-state index contributed by atoms with van der Waals surface area (Å²) in [5, 5.41) is 10.4. The van der Waals surface area contributed by atoms with Crippen LogP contribution in [0.4, 0.5) is 5.82 Å². The van der Waals surface area contributed by atoms with Crippen LogP contribution in [-0.4, -0.2) is 44.0 Å². The van der Waals surface area contributed by atoms with Gasteiger partial charge in [-0.25, -0.2) is 9.97 Å². The highest BCUT2D eigenvalue weighted by Crippen LogP contribution is 2.33. The summed E-state index contributed by atoms with van der Waals surface area (Å²) >= 11 is 3.53. The second-order valence-electron chi connectivity index (χ2n) is 5.10. The van der Waals surface area contributed by atoms with Crippen LogP contribution in [0.2, 0.25) is 0 Å². The van der Waals surface area contributed by atoms with Gasteiger partial charge in [-0.1, -0.05) is 12.1 Å². The van der Waals surface area contributed by atoms with Crippen molar-refractivity contribution in [3.63, 3.8) is 0 Å². The van der Waals surface area contributed by atoms with Crippen molar-refractivity contribution in [3.8, 4) is 0 Å². The lowest BCUT2D eigenvalue weighted by Gasteiger charge is -2.17. The molecule has 1 aliphatic heterocycles. The van der Waals surface area contributed by atoms with E-state index in [4.69, 9.17) is 9.90 Å². The number of para-hydroxylation sites is 1. The number of amides is 1. The number of hydrogen-bond donors (Lipinski definition) is 3. The van der Waals surface area contributed by atoms with Gasteiger partial charge in [0.15, 0.2) is 5.82 Å². The number of nitrogens with one attached hydrogen (secondary N) is 2. The maximum Gasteiger partial charge on any atom is 0.290 e. The molecule has 0 atom stereocenters. The van der Waals surface area contributed by atoms with Crippen molar-refractivity contribution >= 4 is 56.1 Å². The van der Waals surface area contributed by atoms with Crippen molar-refractivity contribution in [3.05, 3.63) is 29.0 Å². The fourth-order valence-electron chi connectivity index (χ4n) is 2.69. The lowest BCUT2D eigenvalue weighted by molar-refractivity contribution is -0.126. The molecule has 0 radical (unpaired) electrons. The molecular formula is C15H14BrN5O3. The maximum atomic E-state index is 11.8. The minimum absolute atomic E-state index is 0.0998. The molecule has 0 aliphatic carbocycles. The van der Waals surface area contributed by atoms with Crippen molar-refractivity contribution in [2.45, 2.75) is 12.8 Å². The van der Waals surface area contributed by atoms with Crippen LogP contribution < -0.4 is 5.43 Å². The number of rotatable bonds is 2. The Morgan fingerprint density at radius 2 is 2.17 bits per heavy atom. The molecule has 4 rings (SSSR count). The number of hydrogen-bond acceptors (Lipinski definition) is 5. The number of carbonyl (C=O) groups is 2. The van der Waals surface area contributed by atoms with Gasteiger partial charge in [0.05, 0.1) is 10.9 Å². The average molecular weight is 392 g/mol. The molecule has 1 amide bonds. The molecule has 0 spiro atoms. The zero-order valence-electron chi connectivity index (χ0n) is 12.5. The van der Waals surface area contributed by atoms with E-state index in [0.717, 1.165) is 32.8 Å². The molecular weight excluding hydrogens is 378 g/mol. The van der Waals surface area contributed by atoms with Crippen molar-refractivity contribution in [1.29, 1.82) is 0 Å². The number of benzene rings is 1. The number of fused-ring (bicyclic) bond motifs is 3. The summed E-state index contributed by atoms with van der Waals surface area (Å²) in [6, 6.07) is 5.96. The smallest absolute Gasteiger partial charge is 0.290 e. The summed E-state index contributed by atoms with van der Waals surface area (Å²) in [5.41, 5.74) is 4.86. The Hall–Kier alpha value is -2.68. The quantitative estimate of drug-likeness (QED) is 0.578. The molecule has 0 saturated carbocycles. The molecule has 3 heterocycles. The number of anilines is 1. The SMILES string of the molecule is O=C1CCCN1Nc1ncnc2[nH]c3c(Br)cccc3c12.O=CO. The molecule has 9 heteroatoms. The first kappa shape index (κ1) is 16.2. The number of aromatic amines is 1. The maximum absolute atomic E-state index is 11.8. The Balaban J connectivity index is 0.000000526. The zero-order valence-corrected chi connectivity index (χ0v) is 14.1. The van der Waals surface area contributed by atoms with Crippen LogP contribution in [0.3, 0.4) is 0 Å². The summed E-state index contributed by atoms with van der Waals surface area (Å²) in [6.45, 7) is 0.455. The highest BCUT2D eigenvalue weighted by molar-refractivity contribution is 9.10. The first-order valence-electron chi connectivity index (χ1n) is 7.21. The van der Waals surface area contributed by atoms with Gasteiger partial charge in [-0.15, -0.1) is 0 Å². The van der Waals surface area contributed by atoms with E-state index in [1.807, 2.05) is 18.2 Å². The second-order valence-corrected chi connectivity index (χ2v) is 5.95. The summed E-state index contributed by atoms with van der Waals surface area (Å²) in [6.07, 6.45) is 2.95. The first-order valence-corrected chi connectivity index (χ1v) is 8.00. The van der Waals surface area contributed by atoms with Gasteiger partial charge in [-0.2, -0.15) is 0 Å². The van der Waals surface area contributed by atoms with Crippen molar-refractivity contribution in [2.24, 2.45) is 0 Å². The summed E-state index contributed by atoms with van der Waals surface area (Å²) < 4.78 is 0.973. The summed E-state index contributed by atoms with van der Waals surface area (Å²) in [7, 11) is 0. The fraction of sp³-hybridized carbons (Fsp3) is 0.200. The minimum atomic E-state index is -0.250. The molecule has 1 saturated heterocycles. The van der Waals surface area contributed by atoms with E-state index in [0.29, 0.717) is 18.8 Å². The van der Waals surface area contributed by atoms with E-state index in [9.17, 15) is 4.79 Å². The van der Waals surface area contributed by atoms with Crippen LogP contribution in [-0.2, 0) is 9.59 Å². The van der Waals surface area contributed by atoms with Gasteiger partial charge in [0.1, 0.15) is 12.0 Å². The second kappa shape index (κ2) is 6.83. The molecule has 0 unspecified atom stereocenters. The number of H-pyrrole nitrogens is 1. The number of halogens is 1. The van der Waals surface area contributed by atoms with Crippen LogP contribution in [0.5, 0.6) is 0 Å².